The van der Waals surface area contributed by atoms with E-state index in [2.05, 4.69) is 18.5 Å². The molecule has 0 spiro atoms. The second-order valence-corrected chi connectivity index (χ2v) is 3.30. The van der Waals surface area contributed by atoms with Crippen LogP contribution in [0.4, 0.5) is 0 Å². The zero-order chi connectivity index (χ0) is 6.57. The summed E-state index contributed by atoms with van der Waals surface area (Å²) < 4.78 is 7.07. The summed E-state index contributed by atoms with van der Waals surface area (Å²) >= 11 is 0. The first-order chi connectivity index (χ1) is 3.68. The van der Waals surface area contributed by atoms with Gasteiger partial charge in [-0.1, -0.05) is 0 Å². The highest BCUT2D eigenvalue weighted by atomic mass is 31.1. The van der Waals surface area contributed by atoms with Gasteiger partial charge in [0.2, 0.25) is 0 Å². The van der Waals surface area contributed by atoms with E-state index in [4.69, 9.17) is 4.52 Å². The Labute approximate surface area is 53.1 Å². The molecule has 0 aliphatic carbocycles. The van der Waals surface area contributed by atoms with Crippen LogP contribution in [-0.4, -0.2) is 24.9 Å². The van der Waals surface area contributed by atoms with Crippen molar-refractivity contribution < 1.29 is 4.52 Å². The Hall–Kier alpha value is 0.350. The van der Waals surface area contributed by atoms with Crippen molar-refractivity contribution in [2.45, 2.75) is 19.9 Å². The van der Waals surface area contributed by atoms with E-state index in [1.165, 1.54) is 0 Å². The quantitative estimate of drug-likeness (QED) is 0.543. The fraction of sp³-hybridized carbons (Fsp3) is 1.00. The van der Waals surface area contributed by atoms with E-state index < -0.39 is 0 Å². The first kappa shape index (κ1) is 8.35. The third kappa shape index (κ3) is 3.36. The molecule has 0 aromatic carbocycles. The Morgan fingerprint density at radius 1 is 1.50 bits per heavy atom. The summed E-state index contributed by atoms with van der Waals surface area (Å²) in [5.74, 6) is 0. The minimum absolute atomic E-state index is 0.502. The predicted molar refractivity (Wildman–Crippen MR) is 38.2 cm³/mol. The third-order valence-corrected chi connectivity index (χ3v) is 2.00. The maximum atomic E-state index is 4.92. The Balaban J connectivity index is 3.17. The zero-order valence-corrected chi connectivity index (χ0v) is 6.93. The summed E-state index contributed by atoms with van der Waals surface area (Å²) in [5, 5.41) is 0. The predicted octanol–water partition coefficient (Wildman–Crippen LogP) is 1.48. The van der Waals surface area contributed by atoms with Crippen molar-refractivity contribution in [1.29, 1.82) is 0 Å². The molecule has 0 aliphatic rings. The van der Waals surface area contributed by atoms with Crippen molar-refractivity contribution in [1.82, 2.24) is 4.67 Å². The average Bonchev–Trinajstić information content (AvgIpc) is 1.67. The highest BCUT2D eigenvalue weighted by Gasteiger charge is 1.99. The van der Waals surface area contributed by atoms with Crippen molar-refractivity contribution in [3.8, 4) is 0 Å². The summed E-state index contributed by atoms with van der Waals surface area (Å²) in [5.41, 5.74) is 0. The Bertz CT molecular complexity index is 58.4. The van der Waals surface area contributed by atoms with Gasteiger partial charge in [0.25, 0.3) is 0 Å². The lowest BCUT2D eigenvalue weighted by atomic mass is 10.4. The second kappa shape index (κ2) is 4.25. The van der Waals surface area contributed by atoms with Crippen molar-refractivity contribution in [2.75, 3.05) is 14.2 Å². The van der Waals surface area contributed by atoms with Gasteiger partial charge >= 0.3 is 0 Å². The lowest BCUT2D eigenvalue weighted by Crippen LogP contribution is -2.16. The molecule has 1 unspecified atom stereocenters. The standard InChI is InChI=1S/C5H14NOP/c1-5(2)6(3)8-7-4/h5,8H,1-4H3. The molecule has 0 fully saturated rings. The molecule has 0 rings (SSSR count). The Morgan fingerprint density at radius 2 is 2.00 bits per heavy atom. The summed E-state index contributed by atoms with van der Waals surface area (Å²) in [4.78, 5) is 0. The molecular formula is C5H14NOP. The number of hydrogen-bond acceptors (Lipinski definition) is 2. The molecule has 3 heteroatoms. The van der Waals surface area contributed by atoms with Gasteiger partial charge in [0, 0.05) is 13.2 Å². The molecule has 0 saturated heterocycles. The molecule has 8 heavy (non-hydrogen) atoms. The molecule has 0 amide bonds. The summed E-state index contributed by atoms with van der Waals surface area (Å²) in [6.07, 6.45) is 0. The summed E-state index contributed by atoms with van der Waals surface area (Å²) in [6, 6.07) is 0.591. The van der Waals surface area contributed by atoms with Crippen molar-refractivity contribution in [3.05, 3.63) is 0 Å². The van der Waals surface area contributed by atoms with Gasteiger partial charge in [0.1, 0.15) is 0 Å². The van der Waals surface area contributed by atoms with Gasteiger partial charge in [-0.05, 0) is 20.9 Å². The molecular weight excluding hydrogens is 121 g/mol. The zero-order valence-electron chi connectivity index (χ0n) is 5.93. The van der Waals surface area contributed by atoms with E-state index in [9.17, 15) is 0 Å². The van der Waals surface area contributed by atoms with Gasteiger partial charge in [-0.2, -0.15) is 0 Å². The second-order valence-electron chi connectivity index (χ2n) is 2.00. The lowest BCUT2D eigenvalue weighted by molar-refractivity contribution is 0.380. The van der Waals surface area contributed by atoms with Crippen molar-refractivity contribution >= 4 is 8.96 Å². The van der Waals surface area contributed by atoms with E-state index in [1.807, 2.05) is 7.05 Å². The Morgan fingerprint density at radius 3 is 2.12 bits per heavy atom. The van der Waals surface area contributed by atoms with Gasteiger partial charge in [0.15, 0.2) is 0 Å². The van der Waals surface area contributed by atoms with Crippen LogP contribution < -0.4 is 0 Å². The minimum atomic E-state index is 0.502. The minimum Gasteiger partial charge on any atom is -0.349 e. The van der Waals surface area contributed by atoms with Gasteiger partial charge < -0.3 is 4.52 Å². The van der Waals surface area contributed by atoms with Crippen LogP contribution in [0.1, 0.15) is 13.8 Å². The van der Waals surface area contributed by atoms with E-state index >= 15 is 0 Å². The maximum absolute atomic E-state index is 4.92. The van der Waals surface area contributed by atoms with Gasteiger partial charge in [-0.15, -0.1) is 0 Å². The third-order valence-electron chi connectivity index (χ3n) is 1.01. The van der Waals surface area contributed by atoms with Gasteiger partial charge in [-0.25, -0.2) is 0 Å². The molecule has 0 bridgehead atoms. The lowest BCUT2D eigenvalue weighted by Gasteiger charge is -2.18. The van der Waals surface area contributed by atoms with Gasteiger partial charge in [-0.3, -0.25) is 4.67 Å². The molecule has 0 saturated carbocycles. The molecule has 0 N–H and O–H groups in total. The normalized spacial score (nSPS) is 12.8. The summed E-state index contributed by atoms with van der Waals surface area (Å²) in [6.45, 7) is 4.29. The van der Waals surface area contributed by atoms with Crippen LogP contribution >= 0.6 is 8.96 Å². The molecule has 0 aromatic rings. The molecule has 1 atom stereocenters. The van der Waals surface area contributed by atoms with E-state index in [1.54, 1.807) is 7.11 Å². The Kier molecular flexibility index (Phi) is 4.44. The molecule has 2 nitrogen and oxygen atoms in total. The molecule has 0 radical (unpaired) electrons. The van der Waals surface area contributed by atoms with Gasteiger partial charge in [0.05, 0.1) is 8.96 Å². The number of nitrogens with zero attached hydrogens (tertiary/aromatic N) is 1. The largest absolute Gasteiger partial charge is 0.349 e. The van der Waals surface area contributed by atoms with Crippen LogP contribution in [0.25, 0.3) is 0 Å². The highest BCUT2D eigenvalue weighted by Crippen LogP contribution is 2.17. The fourth-order valence-electron chi connectivity index (χ4n) is 0.249. The first-order valence-electron chi connectivity index (χ1n) is 2.70. The monoisotopic (exact) mass is 135 g/mol. The summed E-state index contributed by atoms with van der Waals surface area (Å²) in [7, 11) is 4.27. The van der Waals surface area contributed by atoms with E-state index in [-0.39, 0.29) is 0 Å². The van der Waals surface area contributed by atoms with Crippen LogP contribution in [0, 0.1) is 0 Å². The van der Waals surface area contributed by atoms with Crippen LogP contribution in [0.15, 0.2) is 0 Å². The highest BCUT2D eigenvalue weighted by molar-refractivity contribution is 7.29. The topological polar surface area (TPSA) is 12.5 Å². The first-order valence-corrected chi connectivity index (χ1v) is 3.55. The molecule has 0 aromatic heterocycles. The SMILES string of the molecule is COPN(C)C(C)C. The average molecular weight is 135 g/mol. The van der Waals surface area contributed by atoms with Crippen LogP contribution in [0.5, 0.6) is 0 Å². The van der Waals surface area contributed by atoms with Crippen molar-refractivity contribution in [3.63, 3.8) is 0 Å². The molecule has 50 valence electrons. The fourth-order valence-corrected chi connectivity index (χ4v) is 0.748. The van der Waals surface area contributed by atoms with Crippen LogP contribution in [0.2, 0.25) is 0 Å². The number of rotatable bonds is 3. The molecule has 0 aliphatic heterocycles. The van der Waals surface area contributed by atoms with Crippen LogP contribution in [-0.2, 0) is 4.52 Å². The maximum Gasteiger partial charge on any atom is 0.0884 e. The molecule has 0 heterocycles. The van der Waals surface area contributed by atoms with Crippen LogP contribution in [0.3, 0.4) is 0 Å². The van der Waals surface area contributed by atoms with E-state index in [0.717, 1.165) is 0 Å². The number of hydrogen-bond donors (Lipinski definition) is 0. The van der Waals surface area contributed by atoms with Crippen molar-refractivity contribution in [2.24, 2.45) is 0 Å². The smallest absolute Gasteiger partial charge is 0.0884 e. The van der Waals surface area contributed by atoms with E-state index in [0.29, 0.717) is 15.0 Å².